The highest BCUT2D eigenvalue weighted by molar-refractivity contribution is 6.18. The van der Waals surface area contributed by atoms with Crippen LogP contribution in [0.1, 0.15) is 0 Å². The predicted octanol–water partition coefficient (Wildman–Crippen LogP) is -0.228. The van der Waals surface area contributed by atoms with E-state index in [1.54, 1.807) is 0 Å². The van der Waals surface area contributed by atoms with Crippen LogP contribution >= 0.6 is 11.6 Å². The monoisotopic (exact) mass is 136 g/mol. The molecule has 0 fully saturated rings. The average molecular weight is 137 g/mol. The lowest BCUT2D eigenvalue weighted by molar-refractivity contribution is -0.141. The van der Waals surface area contributed by atoms with Gasteiger partial charge in [-0.3, -0.25) is 0 Å². The first-order valence-corrected chi connectivity index (χ1v) is 2.77. The minimum Gasteiger partial charge on any atom is -0.306 e. The molecule has 0 aromatic heterocycles. The van der Waals surface area contributed by atoms with E-state index < -0.39 is 5.97 Å². The van der Waals surface area contributed by atoms with Crippen LogP contribution in [-0.2, 0) is 9.90 Å². The molecule has 0 aliphatic rings. The van der Waals surface area contributed by atoms with Gasteiger partial charge in [0.15, 0.2) is 0 Å². The molecule has 0 amide bonds. The van der Waals surface area contributed by atoms with Gasteiger partial charge in [0.1, 0.15) is 0 Å². The highest BCUT2D eigenvalue weighted by atomic mass is 35.5. The van der Waals surface area contributed by atoms with Crippen LogP contribution in [0.3, 0.4) is 0 Å². The molecule has 0 aliphatic heterocycles. The van der Waals surface area contributed by atoms with Crippen LogP contribution in [0.4, 0.5) is 0 Å². The third kappa shape index (κ3) is 5.72. The predicted molar refractivity (Wildman–Crippen MR) is 29.3 cm³/mol. The van der Waals surface area contributed by atoms with E-state index in [4.69, 9.17) is 11.6 Å². The lowest BCUT2D eigenvalue weighted by Crippen LogP contribution is -2.23. The van der Waals surface area contributed by atoms with Crippen molar-refractivity contribution < 1.29 is 9.90 Å². The SMILES string of the molecule is [O]C(=O)CNCCCl. The summed E-state index contributed by atoms with van der Waals surface area (Å²) in [4.78, 5) is 9.66. The van der Waals surface area contributed by atoms with Gasteiger partial charge in [-0.05, 0) is 0 Å². The highest BCUT2D eigenvalue weighted by Crippen LogP contribution is 1.68. The van der Waals surface area contributed by atoms with Gasteiger partial charge < -0.3 is 5.32 Å². The molecule has 0 aromatic rings. The summed E-state index contributed by atoms with van der Waals surface area (Å²) in [7, 11) is 0. The van der Waals surface area contributed by atoms with E-state index in [-0.39, 0.29) is 6.54 Å². The summed E-state index contributed by atoms with van der Waals surface area (Å²) in [5, 5.41) is 12.2. The summed E-state index contributed by atoms with van der Waals surface area (Å²) >= 11 is 5.21. The van der Waals surface area contributed by atoms with E-state index >= 15 is 0 Å². The zero-order valence-electron chi connectivity index (χ0n) is 4.32. The number of halogens is 1. The second kappa shape index (κ2) is 4.87. The number of carbonyl (C=O) groups excluding carboxylic acids is 1. The van der Waals surface area contributed by atoms with E-state index in [1.165, 1.54) is 0 Å². The van der Waals surface area contributed by atoms with Gasteiger partial charge in [-0.1, -0.05) is 0 Å². The quantitative estimate of drug-likeness (QED) is 0.429. The largest absolute Gasteiger partial charge is 0.369 e. The Morgan fingerprint density at radius 3 is 2.62 bits per heavy atom. The van der Waals surface area contributed by atoms with E-state index in [0.717, 1.165) is 0 Å². The number of hydrogen-bond donors (Lipinski definition) is 1. The van der Waals surface area contributed by atoms with Gasteiger partial charge >= 0.3 is 5.97 Å². The molecule has 0 heterocycles. The van der Waals surface area contributed by atoms with Gasteiger partial charge in [-0.15, -0.1) is 11.6 Å². The van der Waals surface area contributed by atoms with E-state index in [2.05, 4.69) is 5.32 Å². The fourth-order valence-corrected chi connectivity index (χ4v) is 0.391. The van der Waals surface area contributed by atoms with E-state index in [0.29, 0.717) is 12.4 Å². The lowest BCUT2D eigenvalue weighted by Gasteiger charge is -1.91. The van der Waals surface area contributed by atoms with Crippen LogP contribution < -0.4 is 5.32 Å². The normalized spacial score (nSPS) is 9.12. The van der Waals surface area contributed by atoms with E-state index in [1.807, 2.05) is 0 Å². The Labute approximate surface area is 52.6 Å². The molecule has 4 heteroatoms. The van der Waals surface area contributed by atoms with Crippen LogP contribution in [0.5, 0.6) is 0 Å². The Kier molecular flexibility index (Phi) is 4.70. The first kappa shape index (κ1) is 7.72. The minimum atomic E-state index is -1.10. The molecule has 0 saturated carbocycles. The number of rotatable bonds is 4. The molecule has 0 unspecified atom stereocenters. The molecule has 0 saturated heterocycles. The Morgan fingerprint density at radius 2 is 2.25 bits per heavy atom. The standard InChI is InChI=1S/C4H7ClNO2/c5-1-2-6-3-4(7)8/h6H,1-3H2. The molecule has 0 aromatic carbocycles. The van der Waals surface area contributed by atoms with Gasteiger partial charge in [0.05, 0.1) is 6.54 Å². The third-order valence-corrected chi connectivity index (χ3v) is 0.730. The number of hydrogen-bond acceptors (Lipinski definition) is 2. The van der Waals surface area contributed by atoms with Crippen LogP contribution in [-0.4, -0.2) is 24.9 Å². The summed E-state index contributed by atoms with van der Waals surface area (Å²) in [6, 6.07) is 0. The maximum atomic E-state index is 9.66. The Balaban J connectivity index is 2.82. The smallest absolute Gasteiger partial charge is 0.306 e. The molecule has 1 radical (unpaired) electrons. The van der Waals surface area contributed by atoms with Crippen molar-refractivity contribution in [2.75, 3.05) is 19.0 Å². The fraction of sp³-hybridized carbons (Fsp3) is 0.750. The van der Waals surface area contributed by atoms with Gasteiger partial charge in [-0.2, -0.15) is 0 Å². The van der Waals surface area contributed by atoms with Crippen molar-refractivity contribution in [3.05, 3.63) is 0 Å². The van der Waals surface area contributed by atoms with Crippen molar-refractivity contribution in [3.63, 3.8) is 0 Å². The molecule has 0 atom stereocenters. The van der Waals surface area contributed by atoms with Crippen molar-refractivity contribution in [2.24, 2.45) is 0 Å². The summed E-state index contributed by atoms with van der Waals surface area (Å²) in [6.07, 6.45) is 0. The molecular formula is C4H7ClNO2. The maximum Gasteiger partial charge on any atom is 0.369 e. The van der Waals surface area contributed by atoms with Gasteiger partial charge in [-0.25, -0.2) is 9.90 Å². The zero-order chi connectivity index (χ0) is 6.41. The lowest BCUT2D eigenvalue weighted by atomic mass is 10.6. The van der Waals surface area contributed by atoms with Crippen molar-refractivity contribution in [2.45, 2.75) is 0 Å². The Morgan fingerprint density at radius 1 is 1.62 bits per heavy atom. The molecule has 47 valence electrons. The first-order valence-electron chi connectivity index (χ1n) is 2.24. The summed E-state index contributed by atoms with van der Waals surface area (Å²) < 4.78 is 0. The fourth-order valence-electron chi connectivity index (χ4n) is 0.257. The van der Waals surface area contributed by atoms with Crippen molar-refractivity contribution in [1.29, 1.82) is 0 Å². The Hall–Kier alpha value is -0.280. The van der Waals surface area contributed by atoms with Crippen molar-refractivity contribution in [3.8, 4) is 0 Å². The van der Waals surface area contributed by atoms with Crippen LogP contribution in [0.15, 0.2) is 0 Å². The number of nitrogens with one attached hydrogen (secondary N) is 1. The average Bonchev–Trinajstić information content (AvgIpc) is 1.66. The van der Waals surface area contributed by atoms with Crippen LogP contribution in [0.2, 0.25) is 0 Å². The van der Waals surface area contributed by atoms with Crippen molar-refractivity contribution >= 4 is 17.6 Å². The molecule has 0 aliphatic carbocycles. The molecule has 0 spiro atoms. The minimum absolute atomic E-state index is 0.118. The number of alkyl halides is 1. The molecule has 1 N–H and O–H groups in total. The van der Waals surface area contributed by atoms with Gasteiger partial charge in [0, 0.05) is 12.4 Å². The summed E-state index contributed by atoms with van der Waals surface area (Å²) in [5.74, 6) is -0.678. The van der Waals surface area contributed by atoms with Crippen LogP contribution in [0.25, 0.3) is 0 Å². The first-order chi connectivity index (χ1) is 3.77. The third-order valence-electron chi connectivity index (χ3n) is 0.541. The molecule has 0 bridgehead atoms. The van der Waals surface area contributed by atoms with Gasteiger partial charge in [0.25, 0.3) is 0 Å². The summed E-state index contributed by atoms with van der Waals surface area (Å²) in [6.45, 7) is 0.391. The number of carbonyl (C=O) groups is 1. The molecular weight excluding hydrogens is 130 g/mol. The topological polar surface area (TPSA) is 49.0 Å². The maximum absolute atomic E-state index is 9.66. The van der Waals surface area contributed by atoms with Crippen molar-refractivity contribution in [1.82, 2.24) is 5.32 Å². The van der Waals surface area contributed by atoms with E-state index in [9.17, 15) is 9.90 Å². The Bertz CT molecular complexity index is 76.4. The summed E-state index contributed by atoms with van der Waals surface area (Å²) in [5.41, 5.74) is 0. The molecule has 8 heavy (non-hydrogen) atoms. The van der Waals surface area contributed by atoms with Gasteiger partial charge in [0.2, 0.25) is 0 Å². The second-order valence-corrected chi connectivity index (χ2v) is 1.62. The molecule has 0 rings (SSSR count). The highest BCUT2D eigenvalue weighted by Gasteiger charge is 1.94. The zero-order valence-corrected chi connectivity index (χ0v) is 5.07. The second-order valence-electron chi connectivity index (χ2n) is 1.24. The molecule has 3 nitrogen and oxygen atoms in total. The van der Waals surface area contributed by atoms with Crippen LogP contribution in [0, 0.1) is 0 Å².